The first-order valence-corrected chi connectivity index (χ1v) is 7.27. The number of hydrazine groups is 2. The van der Waals surface area contributed by atoms with E-state index in [4.69, 9.17) is 28.3 Å². The molecular weight excluding hydrogens is 332 g/mol. The summed E-state index contributed by atoms with van der Waals surface area (Å²) in [5.74, 6) is 11.3. The molecule has 0 atom stereocenters. The van der Waals surface area contributed by atoms with Crippen molar-refractivity contribution >= 4 is 35.2 Å². The van der Waals surface area contributed by atoms with Gasteiger partial charge in [-0.05, 0) is 18.2 Å². The van der Waals surface area contributed by atoms with Crippen LogP contribution in [-0.2, 0) is 0 Å². The van der Waals surface area contributed by atoms with E-state index in [0.29, 0.717) is 36.9 Å². The van der Waals surface area contributed by atoms with Gasteiger partial charge in [0.05, 0.1) is 17.1 Å². The molecule has 9 N–H and O–H groups in total. The van der Waals surface area contributed by atoms with Crippen LogP contribution < -0.4 is 38.1 Å². The van der Waals surface area contributed by atoms with Gasteiger partial charge in [-0.2, -0.15) is 0 Å². The van der Waals surface area contributed by atoms with E-state index in [2.05, 4.69) is 0 Å². The Bertz CT molecular complexity index is 689. The third-order valence-corrected chi connectivity index (χ3v) is 3.86. The van der Waals surface area contributed by atoms with Gasteiger partial charge in [0.15, 0.2) is 0 Å². The van der Waals surface area contributed by atoms with Crippen LogP contribution >= 0.6 is 0 Å². The lowest BCUT2D eigenvalue weighted by Gasteiger charge is -2.36. The van der Waals surface area contributed by atoms with E-state index >= 15 is 0 Å². The molecule has 1 aliphatic rings. The second-order valence-electron chi connectivity index (χ2n) is 5.35. The van der Waals surface area contributed by atoms with Crippen LogP contribution in [0.4, 0.5) is 31.4 Å². The van der Waals surface area contributed by atoms with Gasteiger partial charge >= 0.3 is 18.2 Å². The van der Waals surface area contributed by atoms with E-state index in [1.165, 1.54) is 17.0 Å². The molecular formula is C13H20N8O4. The maximum atomic E-state index is 11.5. The number of hydrogen-bond donors (Lipinski definition) is 5. The topological polar surface area (TPSA) is 188 Å². The number of benzene rings is 1. The number of primary amides is 2. The monoisotopic (exact) mass is 352 g/mol. The number of amides is 5. The Hall–Kier alpha value is -3.25. The van der Waals surface area contributed by atoms with Gasteiger partial charge in [0.2, 0.25) is 0 Å². The molecule has 1 aliphatic heterocycles. The molecule has 0 saturated carbocycles. The SMILES string of the molecule is NC(=O)N(N)c1ccc(N2CCN(C(=O)O)CC2)c(N(N)C(N)=O)c1. The van der Waals surface area contributed by atoms with Gasteiger partial charge < -0.3 is 26.4 Å². The van der Waals surface area contributed by atoms with E-state index in [1.54, 1.807) is 6.07 Å². The second-order valence-corrected chi connectivity index (χ2v) is 5.35. The number of piperazine rings is 1. The second kappa shape index (κ2) is 7.11. The lowest BCUT2D eigenvalue weighted by atomic mass is 10.2. The van der Waals surface area contributed by atoms with E-state index < -0.39 is 18.2 Å². The molecule has 25 heavy (non-hydrogen) atoms. The predicted molar refractivity (Wildman–Crippen MR) is 90.8 cm³/mol. The van der Waals surface area contributed by atoms with Crippen LogP contribution in [0.1, 0.15) is 0 Å². The van der Waals surface area contributed by atoms with Crippen LogP contribution in [0.2, 0.25) is 0 Å². The van der Waals surface area contributed by atoms with Crippen LogP contribution in [0, 0.1) is 0 Å². The van der Waals surface area contributed by atoms with Gasteiger partial charge in [0.25, 0.3) is 0 Å². The molecule has 136 valence electrons. The summed E-state index contributed by atoms with van der Waals surface area (Å²) in [5.41, 5.74) is 11.3. The summed E-state index contributed by atoms with van der Waals surface area (Å²) in [6, 6.07) is 2.73. The third-order valence-electron chi connectivity index (χ3n) is 3.86. The number of urea groups is 2. The van der Waals surface area contributed by atoms with Crippen molar-refractivity contribution in [1.82, 2.24) is 4.90 Å². The lowest BCUT2D eigenvalue weighted by molar-refractivity contribution is 0.142. The van der Waals surface area contributed by atoms with Gasteiger partial charge in [-0.15, -0.1) is 0 Å². The van der Waals surface area contributed by atoms with E-state index in [9.17, 15) is 14.4 Å². The number of nitrogens with two attached hydrogens (primary N) is 4. The zero-order valence-corrected chi connectivity index (χ0v) is 13.3. The fraction of sp³-hybridized carbons (Fsp3) is 0.308. The van der Waals surface area contributed by atoms with Crippen LogP contribution in [0.15, 0.2) is 18.2 Å². The number of nitrogens with zero attached hydrogens (tertiary/aromatic N) is 4. The molecule has 1 aromatic rings. The molecule has 1 fully saturated rings. The zero-order valence-electron chi connectivity index (χ0n) is 13.3. The molecule has 12 nitrogen and oxygen atoms in total. The highest BCUT2D eigenvalue weighted by Crippen LogP contribution is 2.32. The minimum absolute atomic E-state index is 0.213. The number of anilines is 3. The van der Waals surface area contributed by atoms with Crippen molar-refractivity contribution in [2.75, 3.05) is 41.1 Å². The summed E-state index contributed by atoms with van der Waals surface area (Å²) in [4.78, 5) is 36.8. The van der Waals surface area contributed by atoms with Crippen molar-refractivity contribution in [2.45, 2.75) is 0 Å². The molecule has 0 radical (unpaired) electrons. The molecule has 1 saturated heterocycles. The van der Waals surface area contributed by atoms with Crippen molar-refractivity contribution in [3.05, 3.63) is 18.2 Å². The maximum Gasteiger partial charge on any atom is 0.407 e. The summed E-state index contributed by atoms with van der Waals surface area (Å²) in [6.45, 7) is 1.38. The normalized spacial score (nSPS) is 14.2. The van der Waals surface area contributed by atoms with Crippen molar-refractivity contribution in [1.29, 1.82) is 0 Å². The predicted octanol–water partition coefficient (Wildman–Crippen LogP) is -0.996. The van der Waals surface area contributed by atoms with E-state index in [0.717, 1.165) is 5.01 Å². The number of hydrogen-bond acceptors (Lipinski definition) is 6. The molecule has 12 heteroatoms. The van der Waals surface area contributed by atoms with Gasteiger partial charge in [-0.25, -0.2) is 36.1 Å². The minimum atomic E-state index is -0.993. The van der Waals surface area contributed by atoms with Crippen LogP contribution in [0.5, 0.6) is 0 Å². The molecule has 0 spiro atoms. The van der Waals surface area contributed by atoms with Crippen molar-refractivity contribution in [3.8, 4) is 0 Å². The molecule has 5 amide bonds. The Balaban J connectivity index is 2.35. The lowest BCUT2D eigenvalue weighted by Crippen LogP contribution is -2.49. The average molecular weight is 352 g/mol. The van der Waals surface area contributed by atoms with Crippen LogP contribution in [0.25, 0.3) is 0 Å². The number of carboxylic acid groups (broad SMARTS) is 1. The molecule has 0 unspecified atom stereocenters. The number of carbonyl (C=O) groups is 3. The Morgan fingerprint density at radius 2 is 1.52 bits per heavy atom. The molecule has 0 aromatic heterocycles. The molecule has 0 bridgehead atoms. The summed E-state index contributed by atoms with van der Waals surface area (Å²) >= 11 is 0. The zero-order chi connectivity index (χ0) is 18.7. The van der Waals surface area contributed by atoms with Crippen molar-refractivity contribution in [2.24, 2.45) is 23.2 Å². The Kier molecular flexibility index (Phi) is 5.14. The third kappa shape index (κ3) is 3.81. The van der Waals surface area contributed by atoms with Gasteiger partial charge in [-0.1, -0.05) is 0 Å². The smallest absolute Gasteiger partial charge is 0.407 e. The summed E-state index contributed by atoms with van der Waals surface area (Å²) in [7, 11) is 0. The first-order valence-electron chi connectivity index (χ1n) is 7.27. The average Bonchev–Trinajstić information content (AvgIpc) is 2.59. The van der Waals surface area contributed by atoms with Gasteiger partial charge in [0.1, 0.15) is 0 Å². The summed E-state index contributed by atoms with van der Waals surface area (Å²) in [5, 5.41) is 10.4. The first kappa shape index (κ1) is 18.1. The largest absolute Gasteiger partial charge is 0.465 e. The standard InChI is InChI=1S/C13H20N8O4/c14-11(22)20(16)8-1-2-9(10(7-8)21(17)12(15)23)18-3-5-19(6-4-18)13(24)25/h1-2,7H,3-6,16-17H2,(H2,14,22)(H2,15,23)(H,24,25). The highest BCUT2D eigenvalue weighted by Gasteiger charge is 2.25. The highest BCUT2D eigenvalue weighted by molar-refractivity contribution is 5.96. The van der Waals surface area contributed by atoms with Crippen LogP contribution in [-0.4, -0.2) is 54.3 Å². The summed E-state index contributed by atoms with van der Waals surface area (Å²) in [6.07, 6.45) is -0.993. The van der Waals surface area contributed by atoms with E-state index in [-0.39, 0.29) is 11.4 Å². The number of rotatable bonds is 3. The van der Waals surface area contributed by atoms with Gasteiger partial charge in [0, 0.05) is 26.2 Å². The molecule has 1 aromatic carbocycles. The quantitative estimate of drug-likeness (QED) is 0.262. The molecule has 2 rings (SSSR count). The van der Waals surface area contributed by atoms with Crippen molar-refractivity contribution in [3.63, 3.8) is 0 Å². The Morgan fingerprint density at radius 3 is 2.00 bits per heavy atom. The Labute approximate surface area is 143 Å². The first-order chi connectivity index (χ1) is 11.7. The minimum Gasteiger partial charge on any atom is -0.465 e. The van der Waals surface area contributed by atoms with Crippen LogP contribution in [0.3, 0.4) is 0 Å². The molecule has 0 aliphatic carbocycles. The van der Waals surface area contributed by atoms with E-state index in [1.807, 2.05) is 4.90 Å². The number of carbonyl (C=O) groups excluding carboxylic acids is 2. The van der Waals surface area contributed by atoms with Gasteiger partial charge in [-0.3, -0.25) is 0 Å². The molecule has 1 heterocycles. The van der Waals surface area contributed by atoms with Crippen molar-refractivity contribution < 1.29 is 19.5 Å². The fourth-order valence-electron chi connectivity index (χ4n) is 2.51. The maximum absolute atomic E-state index is 11.5. The highest BCUT2D eigenvalue weighted by atomic mass is 16.4. The fourth-order valence-corrected chi connectivity index (χ4v) is 2.51. The Morgan fingerprint density at radius 1 is 0.960 bits per heavy atom. The summed E-state index contributed by atoms with van der Waals surface area (Å²) < 4.78 is 0.